The molecule has 1 heterocycles. The highest BCUT2D eigenvalue weighted by molar-refractivity contribution is 5.75. The number of halogens is 3. The average molecular weight is 455 g/mol. The van der Waals surface area contributed by atoms with Gasteiger partial charge < -0.3 is 4.90 Å². The number of hydrogen-bond acceptors (Lipinski definition) is 3. The van der Waals surface area contributed by atoms with Gasteiger partial charge in [-0.1, -0.05) is 83.3 Å². The van der Waals surface area contributed by atoms with Gasteiger partial charge in [0.15, 0.2) is 0 Å². The van der Waals surface area contributed by atoms with Crippen molar-refractivity contribution in [1.82, 2.24) is 19.9 Å². The second-order valence-electron chi connectivity index (χ2n) is 8.89. The van der Waals surface area contributed by atoms with Crippen LogP contribution < -0.4 is 0 Å². The van der Waals surface area contributed by atoms with Crippen molar-refractivity contribution >= 4 is 11.0 Å². The second-order valence-corrected chi connectivity index (χ2v) is 8.89. The van der Waals surface area contributed by atoms with Crippen molar-refractivity contribution in [2.75, 3.05) is 19.6 Å². The molecule has 0 amide bonds. The van der Waals surface area contributed by atoms with Gasteiger partial charge in [0.25, 0.3) is 0 Å². The van der Waals surface area contributed by atoms with E-state index in [4.69, 9.17) is 0 Å². The van der Waals surface area contributed by atoms with E-state index < -0.39 is 11.7 Å². The second kappa shape index (κ2) is 14.5. The lowest BCUT2D eigenvalue weighted by Crippen LogP contribution is -2.30. The van der Waals surface area contributed by atoms with E-state index in [1.165, 1.54) is 89.2 Å². The largest absolute Gasteiger partial charge is 0.416 e. The standard InChI is InChI=1S/C25H41F3N4/c1-3-5-7-9-11-13-17-31(18-14-12-10-8-6-4-2)19-20-32-24-21-22(25(26,27)28)15-16-23(24)29-30-32/h15-16,21H,3-14,17-20H2,1-2H3. The van der Waals surface area contributed by atoms with Crippen molar-refractivity contribution in [2.45, 2.75) is 104 Å². The third-order valence-electron chi connectivity index (χ3n) is 6.13. The quantitative estimate of drug-likeness (QED) is 0.232. The first-order valence-corrected chi connectivity index (χ1v) is 12.6. The van der Waals surface area contributed by atoms with Gasteiger partial charge in [-0.05, 0) is 44.1 Å². The number of fused-ring (bicyclic) bond motifs is 1. The van der Waals surface area contributed by atoms with Crippen molar-refractivity contribution in [1.29, 1.82) is 0 Å². The molecule has 0 fully saturated rings. The summed E-state index contributed by atoms with van der Waals surface area (Å²) >= 11 is 0. The minimum atomic E-state index is -4.36. The van der Waals surface area contributed by atoms with Gasteiger partial charge in [0.1, 0.15) is 5.52 Å². The average Bonchev–Trinajstić information content (AvgIpc) is 3.18. The zero-order chi connectivity index (χ0) is 23.2. The fourth-order valence-corrected chi connectivity index (χ4v) is 4.11. The van der Waals surface area contributed by atoms with E-state index in [1.54, 1.807) is 4.68 Å². The SMILES string of the molecule is CCCCCCCCN(CCCCCCCC)CCn1nnc2ccc(C(F)(F)F)cc21. The lowest BCUT2D eigenvalue weighted by molar-refractivity contribution is -0.137. The first kappa shape index (κ1) is 26.6. The molecule has 32 heavy (non-hydrogen) atoms. The summed E-state index contributed by atoms with van der Waals surface area (Å²) in [6, 6.07) is 3.65. The number of hydrogen-bond donors (Lipinski definition) is 0. The molecule has 0 atom stereocenters. The summed E-state index contributed by atoms with van der Waals surface area (Å²) in [5.74, 6) is 0. The number of nitrogens with zero attached hydrogens (tertiary/aromatic N) is 4. The molecule has 0 aliphatic carbocycles. The third kappa shape index (κ3) is 9.47. The molecule has 0 unspecified atom stereocenters. The van der Waals surface area contributed by atoms with E-state index >= 15 is 0 Å². The molecule has 7 heteroatoms. The van der Waals surface area contributed by atoms with Gasteiger partial charge in [-0.3, -0.25) is 0 Å². The van der Waals surface area contributed by atoms with Crippen LogP contribution >= 0.6 is 0 Å². The van der Waals surface area contributed by atoms with Gasteiger partial charge in [-0.15, -0.1) is 5.10 Å². The summed E-state index contributed by atoms with van der Waals surface area (Å²) in [5.41, 5.74) is 0.319. The zero-order valence-electron chi connectivity index (χ0n) is 20.0. The molecular formula is C25H41F3N4. The molecule has 0 saturated heterocycles. The van der Waals surface area contributed by atoms with Crippen LogP contribution in [0.15, 0.2) is 18.2 Å². The van der Waals surface area contributed by atoms with E-state index in [9.17, 15) is 13.2 Å². The van der Waals surface area contributed by atoms with Gasteiger partial charge >= 0.3 is 6.18 Å². The summed E-state index contributed by atoms with van der Waals surface area (Å²) in [7, 11) is 0. The monoisotopic (exact) mass is 454 g/mol. The summed E-state index contributed by atoms with van der Waals surface area (Å²) in [6.07, 6.45) is 10.8. The lowest BCUT2D eigenvalue weighted by Gasteiger charge is -2.22. The molecule has 0 spiro atoms. The molecule has 0 bridgehead atoms. The molecule has 1 aromatic heterocycles. The molecule has 0 saturated carbocycles. The highest BCUT2D eigenvalue weighted by atomic mass is 19.4. The Hall–Kier alpha value is -1.63. The summed E-state index contributed by atoms with van der Waals surface area (Å²) < 4.78 is 41.0. The molecule has 0 radical (unpaired) electrons. The first-order valence-electron chi connectivity index (χ1n) is 12.6. The molecule has 0 N–H and O–H groups in total. The van der Waals surface area contributed by atoms with Crippen LogP contribution in [-0.4, -0.2) is 39.5 Å². The normalized spacial score (nSPS) is 12.3. The molecule has 182 valence electrons. The van der Waals surface area contributed by atoms with E-state index in [0.717, 1.165) is 25.7 Å². The molecule has 4 nitrogen and oxygen atoms in total. The van der Waals surface area contributed by atoms with E-state index in [1.807, 2.05) is 0 Å². The summed E-state index contributed by atoms with van der Waals surface area (Å²) in [4.78, 5) is 2.46. The van der Waals surface area contributed by atoms with Crippen molar-refractivity contribution in [3.05, 3.63) is 23.8 Å². The maximum Gasteiger partial charge on any atom is 0.416 e. The van der Waals surface area contributed by atoms with E-state index in [0.29, 0.717) is 17.6 Å². The molecule has 0 aliphatic rings. The Morgan fingerprint density at radius 2 is 1.34 bits per heavy atom. The van der Waals surface area contributed by atoms with Crippen LogP contribution in [0.4, 0.5) is 13.2 Å². The first-order chi connectivity index (χ1) is 15.5. The Labute approximate surface area is 191 Å². The maximum absolute atomic E-state index is 13.1. The zero-order valence-corrected chi connectivity index (χ0v) is 20.0. The number of unbranched alkanes of at least 4 members (excludes halogenated alkanes) is 10. The number of alkyl halides is 3. The van der Waals surface area contributed by atoms with Crippen molar-refractivity contribution in [3.63, 3.8) is 0 Å². The Kier molecular flexibility index (Phi) is 12.1. The fourth-order valence-electron chi connectivity index (χ4n) is 4.11. The molecule has 1 aromatic carbocycles. The van der Waals surface area contributed by atoms with Crippen LogP contribution in [0.2, 0.25) is 0 Å². The minimum Gasteiger partial charge on any atom is -0.301 e. The molecule has 2 rings (SSSR count). The molecular weight excluding hydrogens is 413 g/mol. The lowest BCUT2D eigenvalue weighted by atomic mass is 10.1. The number of aromatic nitrogens is 3. The van der Waals surface area contributed by atoms with Crippen LogP contribution in [-0.2, 0) is 12.7 Å². The van der Waals surface area contributed by atoms with Gasteiger partial charge in [0.05, 0.1) is 17.6 Å². The Morgan fingerprint density at radius 3 is 1.91 bits per heavy atom. The van der Waals surface area contributed by atoms with Crippen molar-refractivity contribution in [2.24, 2.45) is 0 Å². The topological polar surface area (TPSA) is 34.0 Å². The Bertz CT molecular complexity index is 741. The predicted molar refractivity (Wildman–Crippen MR) is 126 cm³/mol. The van der Waals surface area contributed by atoms with Crippen molar-refractivity contribution in [3.8, 4) is 0 Å². The van der Waals surface area contributed by atoms with Gasteiger partial charge in [0.2, 0.25) is 0 Å². The Balaban J connectivity index is 1.90. The van der Waals surface area contributed by atoms with Crippen molar-refractivity contribution < 1.29 is 13.2 Å². The van der Waals surface area contributed by atoms with Gasteiger partial charge in [0, 0.05) is 6.54 Å². The maximum atomic E-state index is 13.1. The Morgan fingerprint density at radius 1 is 0.781 bits per heavy atom. The van der Waals surface area contributed by atoms with Crippen LogP contribution in [0.5, 0.6) is 0 Å². The smallest absolute Gasteiger partial charge is 0.301 e. The highest BCUT2D eigenvalue weighted by Crippen LogP contribution is 2.30. The minimum absolute atomic E-state index is 0.457. The summed E-state index contributed by atoms with van der Waals surface area (Å²) in [5, 5.41) is 8.18. The van der Waals surface area contributed by atoms with Gasteiger partial charge in [-0.2, -0.15) is 13.2 Å². The fraction of sp³-hybridized carbons (Fsp3) is 0.760. The number of benzene rings is 1. The van der Waals surface area contributed by atoms with E-state index in [2.05, 4.69) is 29.1 Å². The predicted octanol–water partition coefficient (Wildman–Crippen LogP) is 7.47. The van der Waals surface area contributed by atoms with Crippen LogP contribution in [0, 0.1) is 0 Å². The van der Waals surface area contributed by atoms with Gasteiger partial charge in [-0.25, -0.2) is 4.68 Å². The molecule has 0 aliphatic heterocycles. The van der Waals surface area contributed by atoms with E-state index in [-0.39, 0.29) is 0 Å². The third-order valence-corrected chi connectivity index (χ3v) is 6.13. The summed E-state index contributed by atoms with van der Waals surface area (Å²) in [6.45, 7) is 7.90. The molecule has 2 aromatic rings. The van der Waals surface area contributed by atoms with Crippen LogP contribution in [0.3, 0.4) is 0 Å². The van der Waals surface area contributed by atoms with Crippen LogP contribution in [0.25, 0.3) is 11.0 Å². The highest BCUT2D eigenvalue weighted by Gasteiger charge is 2.31. The number of rotatable bonds is 17. The van der Waals surface area contributed by atoms with Crippen LogP contribution in [0.1, 0.15) is 96.5 Å².